The van der Waals surface area contributed by atoms with E-state index in [0.717, 1.165) is 0 Å². The predicted molar refractivity (Wildman–Crippen MR) is 72.9 cm³/mol. The Bertz CT molecular complexity index is 323. The van der Waals surface area contributed by atoms with Crippen LogP contribution in [0.5, 0.6) is 0 Å². The molecule has 16 heavy (non-hydrogen) atoms. The maximum Gasteiger partial charge on any atom is -0.0235 e. The van der Waals surface area contributed by atoms with Crippen molar-refractivity contribution in [1.82, 2.24) is 0 Å². The zero-order valence-electron chi connectivity index (χ0n) is 11.1. The third kappa shape index (κ3) is 3.10. The zero-order valence-corrected chi connectivity index (χ0v) is 11.1. The average molecular weight is 217 g/mol. The van der Waals surface area contributed by atoms with Gasteiger partial charge in [0.1, 0.15) is 0 Å². The highest BCUT2D eigenvalue weighted by Crippen LogP contribution is 2.23. The Hall–Kier alpha value is -0.780. The second kappa shape index (κ2) is 6.73. The van der Waals surface area contributed by atoms with E-state index >= 15 is 0 Å². The summed E-state index contributed by atoms with van der Waals surface area (Å²) in [5.41, 5.74) is 5.92. The molecule has 0 aromatic heterocycles. The smallest absolute Gasteiger partial charge is 0.0235 e. The first kappa shape index (κ1) is 13.3. The van der Waals surface area contributed by atoms with Gasteiger partial charge in [0, 0.05) is 0 Å². The number of rotatable bonds is 6. The maximum absolute atomic E-state index is 4.18. The summed E-state index contributed by atoms with van der Waals surface area (Å²) in [6.45, 7) is 11.0. The summed E-state index contributed by atoms with van der Waals surface area (Å²) < 4.78 is 0. The van der Waals surface area contributed by atoms with Crippen molar-refractivity contribution in [1.29, 1.82) is 0 Å². The van der Waals surface area contributed by atoms with Gasteiger partial charge in [-0.3, -0.25) is 0 Å². The van der Waals surface area contributed by atoms with Crippen LogP contribution in [0.2, 0.25) is 0 Å². The van der Waals surface area contributed by atoms with Gasteiger partial charge in [0.15, 0.2) is 0 Å². The molecule has 1 aromatic carbocycles. The van der Waals surface area contributed by atoms with Gasteiger partial charge in [-0.1, -0.05) is 52.2 Å². The molecule has 0 spiro atoms. The Labute approximate surface area is 101 Å². The highest BCUT2D eigenvalue weighted by molar-refractivity contribution is 5.43. The van der Waals surface area contributed by atoms with Crippen LogP contribution < -0.4 is 0 Å². The number of aryl methyl sites for hydroxylation is 1. The van der Waals surface area contributed by atoms with E-state index in [0.29, 0.717) is 0 Å². The Morgan fingerprint density at radius 1 is 0.812 bits per heavy atom. The van der Waals surface area contributed by atoms with Gasteiger partial charge in [0.25, 0.3) is 0 Å². The van der Waals surface area contributed by atoms with E-state index < -0.39 is 0 Å². The summed E-state index contributed by atoms with van der Waals surface area (Å²) in [5, 5.41) is 0. The van der Waals surface area contributed by atoms with Crippen LogP contribution in [-0.4, -0.2) is 0 Å². The molecule has 89 valence electrons. The minimum atomic E-state index is 1.19. The van der Waals surface area contributed by atoms with Crippen LogP contribution in [0.3, 0.4) is 0 Å². The maximum atomic E-state index is 4.18. The minimum Gasteiger partial charge on any atom is -0.0651 e. The topological polar surface area (TPSA) is 0 Å². The summed E-state index contributed by atoms with van der Waals surface area (Å²) in [7, 11) is 0. The summed E-state index contributed by atoms with van der Waals surface area (Å²) >= 11 is 0. The summed E-state index contributed by atoms with van der Waals surface area (Å²) in [5.74, 6) is 0. The van der Waals surface area contributed by atoms with Crippen molar-refractivity contribution in [3.63, 3.8) is 0 Å². The first-order valence-corrected chi connectivity index (χ1v) is 6.70. The fourth-order valence-electron chi connectivity index (χ4n) is 2.42. The fraction of sp³-hybridized carbons (Fsp3) is 0.562. The molecular formula is C16H25. The molecule has 0 unspecified atom stereocenters. The minimum absolute atomic E-state index is 1.19. The van der Waals surface area contributed by atoms with E-state index in [1.54, 1.807) is 11.1 Å². The lowest BCUT2D eigenvalue weighted by molar-refractivity contribution is 0.823. The van der Waals surface area contributed by atoms with Crippen LogP contribution in [0, 0.1) is 6.92 Å². The summed E-state index contributed by atoms with van der Waals surface area (Å²) in [6, 6.07) is 4.49. The van der Waals surface area contributed by atoms with Crippen molar-refractivity contribution in [3.05, 3.63) is 41.3 Å². The lowest BCUT2D eigenvalue weighted by atomic mass is 9.89. The standard InChI is InChI=1S/C16H25/c1-5-8-14-12-11-13(4)15(9-6-2)16(14)10-7-3/h11-12H,4-10H2,1-3H3. The van der Waals surface area contributed by atoms with E-state index in [1.165, 1.54) is 49.7 Å². The molecule has 0 nitrogen and oxygen atoms in total. The van der Waals surface area contributed by atoms with Crippen LogP contribution in [0.4, 0.5) is 0 Å². The van der Waals surface area contributed by atoms with Crippen molar-refractivity contribution in [3.8, 4) is 0 Å². The largest absolute Gasteiger partial charge is 0.0651 e. The highest BCUT2D eigenvalue weighted by Gasteiger charge is 2.09. The average Bonchev–Trinajstić information content (AvgIpc) is 2.27. The van der Waals surface area contributed by atoms with Crippen molar-refractivity contribution < 1.29 is 0 Å². The Kier molecular flexibility index (Phi) is 5.59. The van der Waals surface area contributed by atoms with Gasteiger partial charge in [-0.25, -0.2) is 0 Å². The molecule has 0 aliphatic rings. The second-order valence-corrected chi connectivity index (χ2v) is 4.59. The predicted octanol–water partition coefficient (Wildman–Crippen LogP) is 4.73. The van der Waals surface area contributed by atoms with E-state index in [9.17, 15) is 0 Å². The van der Waals surface area contributed by atoms with Crippen LogP contribution in [0.25, 0.3) is 0 Å². The van der Waals surface area contributed by atoms with Crippen LogP contribution in [0.15, 0.2) is 12.1 Å². The molecule has 1 radical (unpaired) electrons. The summed E-state index contributed by atoms with van der Waals surface area (Å²) in [6.07, 6.45) is 7.30. The highest BCUT2D eigenvalue weighted by atomic mass is 14.1. The van der Waals surface area contributed by atoms with E-state index in [1.807, 2.05) is 0 Å². The zero-order chi connectivity index (χ0) is 12.0. The molecule has 0 aliphatic heterocycles. The SMILES string of the molecule is [CH2]c1ccc(CCC)c(CCC)c1CCC. The molecular weight excluding hydrogens is 192 g/mol. The Balaban J connectivity index is 3.14. The molecule has 0 saturated carbocycles. The van der Waals surface area contributed by atoms with Crippen molar-refractivity contribution in [2.45, 2.75) is 59.3 Å². The number of hydrogen-bond donors (Lipinski definition) is 0. The van der Waals surface area contributed by atoms with Gasteiger partial charge in [0.2, 0.25) is 0 Å². The van der Waals surface area contributed by atoms with Gasteiger partial charge < -0.3 is 0 Å². The monoisotopic (exact) mass is 217 g/mol. The van der Waals surface area contributed by atoms with Gasteiger partial charge in [-0.15, -0.1) is 0 Å². The Morgan fingerprint density at radius 3 is 1.94 bits per heavy atom. The van der Waals surface area contributed by atoms with Gasteiger partial charge in [-0.2, -0.15) is 0 Å². The van der Waals surface area contributed by atoms with E-state index in [4.69, 9.17) is 0 Å². The van der Waals surface area contributed by atoms with Gasteiger partial charge >= 0.3 is 0 Å². The lowest BCUT2D eigenvalue weighted by Crippen LogP contribution is -2.03. The molecule has 0 heterocycles. The molecule has 0 atom stereocenters. The first-order chi connectivity index (χ1) is 7.74. The molecule has 0 fully saturated rings. The second-order valence-electron chi connectivity index (χ2n) is 4.59. The van der Waals surface area contributed by atoms with Crippen LogP contribution >= 0.6 is 0 Å². The number of hydrogen-bond acceptors (Lipinski definition) is 0. The quantitative estimate of drug-likeness (QED) is 0.646. The first-order valence-electron chi connectivity index (χ1n) is 6.70. The van der Waals surface area contributed by atoms with Crippen molar-refractivity contribution in [2.75, 3.05) is 0 Å². The van der Waals surface area contributed by atoms with Crippen molar-refractivity contribution in [2.24, 2.45) is 0 Å². The molecule has 0 saturated heterocycles. The van der Waals surface area contributed by atoms with Crippen LogP contribution in [0.1, 0.15) is 62.3 Å². The van der Waals surface area contributed by atoms with Crippen molar-refractivity contribution >= 4 is 0 Å². The number of benzene rings is 1. The Morgan fingerprint density at radius 2 is 1.38 bits per heavy atom. The molecule has 0 heteroatoms. The molecule has 0 bridgehead atoms. The molecule has 0 N–H and O–H groups in total. The summed E-state index contributed by atoms with van der Waals surface area (Å²) in [4.78, 5) is 0. The lowest BCUT2D eigenvalue weighted by Gasteiger charge is -2.16. The molecule has 1 rings (SSSR count). The van der Waals surface area contributed by atoms with E-state index in [2.05, 4.69) is 39.8 Å². The third-order valence-electron chi connectivity index (χ3n) is 3.14. The van der Waals surface area contributed by atoms with Gasteiger partial charge in [0.05, 0.1) is 0 Å². The molecule has 0 amide bonds. The molecule has 1 aromatic rings. The van der Waals surface area contributed by atoms with E-state index in [-0.39, 0.29) is 0 Å². The third-order valence-corrected chi connectivity index (χ3v) is 3.14. The molecule has 0 aliphatic carbocycles. The fourth-order valence-corrected chi connectivity index (χ4v) is 2.42. The normalized spacial score (nSPS) is 10.8. The van der Waals surface area contributed by atoms with Gasteiger partial charge in [-0.05, 0) is 48.4 Å². The van der Waals surface area contributed by atoms with Crippen LogP contribution in [-0.2, 0) is 19.3 Å².